The van der Waals surface area contributed by atoms with Gasteiger partial charge in [0.25, 0.3) is 0 Å². The molecule has 0 spiro atoms. The van der Waals surface area contributed by atoms with Crippen LogP contribution < -0.4 is 15.2 Å². The largest absolute Gasteiger partial charge is 0.454 e. The van der Waals surface area contributed by atoms with Crippen LogP contribution in [-0.2, 0) is 17.8 Å². The van der Waals surface area contributed by atoms with Crippen LogP contribution in [0.1, 0.15) is 16.1 Å². The van der Waals surface area contributed by atoms with E-state index in [0.717, 1.165) is 54.8 Å². The van der Waals surface area contributed by atoms with E-state index in [9.17, 15) is 4.79 Å². The fourth-order valence-electron chi connectivity index (χ4n) is 3.32. The summed E-state index contributed by atoms with van der Waals surface area (Å²) in [6.07, 6.45) is 0.392. The van der Waals surface area contributed by atoms with E-state index < -0.39 is 0 Å². The van der Waals surface area contributed by atoms with Gasteiger partial charge in [-0.3, -0.25) is 9.69 Å². The highest BCUT2D eigenvalue weighted by Crippen LogP contribution is 2.32. The van der Waals surface area contributed by atoms with Crippen LogP contribution in [0.2, 0.25) is 0 Å². The number of carbonyl (C=O) groups is 1. The third-order valence-electron chi connectivity index (χ3n) is 4.79. The Kier molecular flexibility index (Phi) is 4.69. The number of nitrogens with two attached hydrogens (primary N) is 1. The second-order valence-electron chi connectivity index (χ2n) is 6.58. The Morgan fingerprint density at radius 3 is 2.73 bits per heavy atom. The fourth-order valence-corrected chi connectivity index (χ4v) is 4.14. The first-order valence-electron chi connectivity index (χ1n) is 8.69. The molecule has 0 aliphatic carbocycles. The van der Waals surface area contributed by atoms with Crippen LogP contribution in [0.15, 0.2) is 18.2 Å². The molecule has 2 aliphatic rings. The highest BCUT2D eigenvalue weighted by Gasteiger charge is 2.23. The normalized spacial score (nSPS) is 16.9. The smallest absolute Gasteiger partial charge is 0.231 e. The van der Waals surface area contributed by atoms with Gasteiger partial charge < -0.3 is 20.1 Å². The Morgan fingerprint density at radius 2 is 2.00 bits per heavy atom. The molecular formula is C18H22N4O3S. The number of nitrogen functional groups attached to an aromatic ring is 1. The van der Waals surface area contributed by atoms with Crippen molar-refractivity contribution in [2.24, 2.45) is 0 Å². The summed E-state index contributed by atoms with van der Waals surface area (Å²) in [5, 5.41) is 0.527. The molecule has 0 radical (unpaired) electrons. The number of ether oxygens (including phenoxy) is 2. The SMILES string of the molecule is Cc1nc(N)sc1CC(=O)N1CCN(Cc2ccc3c(c2)OCO3)CC1. The molecule has 3 heterocycles. The van der Waals surface area contributed by atoms with Crippen molar-refractivity contribution in [1.82, 2.24) is 14.8 Å². The number of nitrogens with zero attached hydrogens (tertiary/aromatic N) is 3. The number of carbonyl (C=O) groups excluding carboxylic acids is 1. The van der Waals surface area contributed by atoms with Gasteiger partial charge in [-0.1, -0.05) is 6.07 Å². The van der Waals surface area contributed by atoms with Gasteiger partial charge in [0.1, 0.15) is 0 Å². The van der Waals surface area contributed by atoms with Crippen LogP contribution in [0.25, 0.3) is 0 Å². The lowest BCUT2D eigenvalue weighted by atomic mass is 10.1. The van der Waals surface area contributed by atoms with Gasteiger partial charge in [-0.25, -0.2) is 4.98 Å². The van der Waals surface area contributed by atoms with Crippen molar-refractivity contribution >= 4 is 22.4 Å². The van der Waals surface area contributed by atoms with Crippen molar-refractivity contribution < 1.29 is 14.3 Å². The van der Waals surface area contributed by atoms with Crippen molar-refractivity contribution in [3.8, 4) is 11.5 Å². The molecule has 1 fully saturated rings. The monoisotopic (exact) mass is 374 g/mol. The summed E-state index contributed by atoms with van der Waals surface area (Å²) in [5.74, 6) is 1.78. The average molecular weight is 374 g/mol. The molecule has 0 bridgehead atoms. The molecule has 1 aromatic carbocycles. The van der Waals surface area contributed by atoms with Gasteiger partial charge in [0.05, 0.1) is 12.1 Å². The lowest BCUT2D eigenvalue weighted by Gasteiger charge is -2.34. The van der Waals surface area contributed by atoms with E-state index in [-0.39, 0.29) is 5.91 Å². The minimum atomic E-state index is 0.152. The molecule has 2 N–H and O–H groups in total. The predicted octanol–water partition coefficient (Wildman–Crippen LogP) is 1.65. The first kappa shape index (κ1) is 17.1. The molecule has 1 aromatic heterocycles. The number of amides is 1. The number of benzene rings is 1. The number of rotatable bonds is 4. The number of aryl methyl sites for hydroxylation is 1. The highest BCUT2D eigenvalue weighted by molar-refractivity contribution is 7.15. The maximum Gasteiger partial charge on any atom is 0.231 e. The molecule has 1 amide bonds. The van der Waals surface area contributed by atoms with E-state index in [4.69, 9.17) is 15.2 Å². The Balaban J connectivity index is 1.29. The second kappa shape index (κ2) is 7.13. The minimum Gasteiger partial charge on any atom is -0.454 e. The quantitative estimate of drug-likeness (QED) is 0.876. The molecule has 0 unspecified atom stereocenters. The number of piperazine rings is 1. The molecule has 2 aliphatic heterocycles. The summed E-state index contributed by atoms with van der Waals surface area (Å²) in [7, 11) is 0. The number of fused-ring (bicyclic) bond motifs is 1. The molecule has 7 nitrogen and oxygen atoms in total. The molecule has 0 saturated carbocycles. The summed E-state index contributed by atoms with van der Waals surface area (Å²) in [6.45, 7) is 6.27. The number of hydrogen-bond donors (Lipinski definition) is 1. The lowest BCUT2D eigenvalue weighted by molar-refractivity contribution is -0.132. The Morgan fingerprint density at radius 1 is 1.23 bits per heavy atom. The van der Waals surface area contributed by atoms with Gasteiger partial charge in [0, 0.05) is 37.6 Å². The van der Waals surface area contributed by atoms with Crippen molar-refractivity contribution in [2.45, 2.75) is 19.9 Å². The van der Waals surface area contributed by atoms with E-state index in [1.807, 2.05) is 24.0 Å². The van der Waals surface area contributed by atoms with Crippen LogP contribution in [0.5, 0.6) is 11.5 Å². The van der Waals surface area contributed by atoms with Crippen molar-refractivity contribution in [3.05, 3.63) is 34.3 Å². The highest BCUT2D eigenvalue weighted by atomic mass is 32.1. The Labute approximate surface area is 156 Å². The number of hydrogen-bond acceptors (Lipinski definition) is 7. The molecule has 8 heteroatoms. The van der Waals surface area contributed by atoms with Gasteiger partial charge >= 0.3 is 0 Å². The van der Waals surface area contributed by atoms with Crippen molar-refractivity contribution in [1.29, 1.82) is 0 Å². The van der Waals surface area contributed by atoms with Gasteiger partial charge in [0.2, 0.25) is 12.7 Å². The topological polar surface area (TPSA) is 80.9 Å². The van der Waals surface area contributed by atoms with Crippen LogP contribution in [0.4, 0.5) is 5.13 Å². The third-order valence-corrected chi connectivity index (χ3v) is 5.78. The molecule has 0 atom stereocenters. The average Bonchev–Trinajstić information content (AvgIpc) is 3.21. The molecule has 26 heavy (non-hydrogen) atoms. The first-order valence-corrected chi connectivity index (χ1v) is 9.50. The molecule has 2 aromatic rings. The zero-order valence-corrected chi connectivity index (χ0v) is 15.6. The standard InChI is InChI=1S/C18H22N4O3S/c1-12-16(26-18(19)20-12)9-17(23)22-6-4-21(5-7-22)10-13-2-3-14-15(8-13)25-11-24-14/h2-3,8H,4-7,9-11H2,1H3,(H2,19,20). The summed E-state index contributed by atoms with van der Waals surface area (Å²) in [6, 6.07) is 6.07. The summed E-state index contributed by atoms with van der Waals surface area (Å²) >= 11 is 1.41. The fraction of sp³-hybridized carbons (Fsp3) is 0.444. The summed E-state index contributed by atoms with van der Waals surface area (Å²) in [5.41, 5.74) is 7.78. The minimum absolute atomic E-state index is 0.152. The molecule has 138 valence electrons. The van der Waals surface area contributed by atoms with E-state index in [1.54, 1.807) is 0 Å². The first-order chi connectivity index (χ1) is 12.6. The van der Waals surface area contributed by atoms with E-state index in [1.165, 1.54) is 16.9 Å². The number of anilines is 1. The van der Waals surface area contributed by atoms with Gasteiger partial charge in [0.15, 0.2) is 16.6 Å². The van der Waals surface area contributed by atoms with Crippen LogP contribution >= 0.6 is 11.3 Å². The van der Waals surface area contributed by atoms with Gasteiger partial charge in [-0.15, -0.1) is 11.3 Å². The zero-order chi connectivity index (χ0) is 18.1. The Bertz CT molecular complexity index is 815. The number of aromatic nitrogens is 1. The molecular weight excluding hydrogens is 352 g/mol. The van der Waals surface area contributed by atoms with Crippen LogP contribution in [-0.4, -0.2) is 53.7 Å². The van der Waals surface area contributed by atoms with E-state index in [2.05, 4.69) is 16.0 Å². The molecule has 4 rings (SSSR count). The van der Waals surface area contributed by atoms with Crippen molar-refractivity contribution in [2.75, 3.05) is 38.7 Å². The second-order valence-corrected chi connectivity index (χ2v) is 7.70. The van der Waals surface area contributed by atoms with Crippen molar-refractivity contribution in [3.63, 3.8) is 0 Å². The van der Waals surface area contributed by atoms with E-state index >= 15 is 0 Å². The third kappa shape index (κ3) is 3.61. The number of thiazole rings is 1. The van der Waals surface area contributed by atoms with Crippen LogP contribution in [0.3, 0.4) is 0 Å². The Hall–Kier alpha value is -2.32. The predicted molar refractivity (Wildman–Crippen MR) is 99.4 cm³/mol. The summed E-state index contributed by atoms with van der Waals surface area (Å²) < 4.78 is 10.8. The maximum absolute atomic E-state index is 12.5. The zero-order valence-electron chi connectivity index (χ0n) is 14.7. The van der Waals surface area contributed by atoms with Gasteiger partial charge in [-0.2, -0.15) is 0 Å². The van der Waals surface area contributed by atoms with Crippen LogP contribution in [0, 0.1) is 6.92 Å². The van der Waals surface area contributed by atoms with Gasteiger partial charge in [-0.05, 0) is 24.6 Å². The summed E-state index contributed by atoms with van der Waals surface area (Å²) in [4.78, 5) is 22.0. The maximum atomic E-state index is 12.5. The molecule has 1 saturated heterocycles. The van der Waals surface area contributed by atoms with E-state index in [0.29, 0.717) is 18.3 Å². The lowest BCUT2D eigenvalue weighted by Crippen LogP contribution is -2.48.